The lowest BCUT2D eigenvalue weighted by atomic mass is 10.1. The van der Waals surface area contributed by atoms with E-state index < -0.39 is 0 Å². The molecule has 0 N–H and O–H groups in total. The van der Waals surface area contributed by atoms with Gasteiger partial charge in [-0.1, -0.05) is 15.9 Å². The molecule has 6 heteroatoms. The number of ether oxygens (including phenoxy) is 2. The first kappa shape index (κ1) is 13.5. The van der Waals surface area contributed by atoms with Crippen molar-refractivity contribution in [2.45, 2.75) is 25.6 Å². The van der Waals surface area contributed by atoms with E-state index in [1.807, 2.05) is 0 Å². The molecular formula is C12H18BrN3O2. The highest BCUT2D eigenvalue weighted by Gasteiger charge is 2.34. The van der Waals surface area contributed by atoms with Crippen molar-refractivity contribution in [2.75, 3.05) is 30.4 Å². The van der Waals surface area contributed by atoms with Gasteiger partial charge in [-0.25, -0.2) is 4.98 Å². The van der Waals surface area contributed by atoms with Crippen molar-refractivity contribution in [3.63, 3.8) is 0 Å². The van der Waals surface area contributed by atoms with Crippen LogP contribution < -0.4 is 9.64 Å². The Hall–Kier alpha value is -0.880. The highest BCUT2D eigenvalue weighted by Crippen LogP contribution is 2.25. The van der Waals surface area contributed by atoms with Crippen LogP contribution in [0.15, 0.2) is 12.3 Å². The molecule has 0 bridgehead atoms. The summed E-state index contributed by atoms with van der Waals surface area (Å²) in [6.45, 7) is 5.70. The maximum absolute atomic E-state index is 5.96. The second-order valence-corrected chi connectivity index (χ2v) is 5.58. The van der Waals surface area contributed by atoms with Crippen LogP contribution in [0.1, 0.15) is 13.8 Å². The van der Waals surface area contributed by atoms with Gasteiger partial charge in [-0.15, -0.1) is 0 Å². The van der Waals surface area contributed by atoms with Gasteiger partial charge in [0.25, 0.3) is 0 Å². The second kappa shape index (κ2) is 5.40. The zero-order valence-corrected chi connectivity index (χ0v) is 12.5. The van der Waals surface area contributed by atoms with Crippen LogP contribution >= 0.6 is 15.9 Å². The molecule has 0 saturated carbocycles. The van der Waals surface area contributed by atoms with Gasteiger partial charge in [0.05, 0.1) is 18.8 Å². The van der Waals surface area contributed by atoms with E-state index in [9.17, 15) is 0 Å². The second-order valence-electron chi connectivity index (χ2n) is 4.93. The Morgan fingerprint density at radius 2 is 2.39 bits per heavy atom. The lowest BCUT2D eigenvalue weighted by Gasteiger charge is -2.42. The number of hydrogen-bond donors (Lipinski definition) is 0. The Bertz CT molecular complexity index is 414. The van der Waals surface area contributed by atoms with E-state index in [0.29, 0.717) is 11.8 Å². The summed E-state index contributed by atoms with van der Waals surface area (Å²) in [6.07, 6.45) is 1.86. The van der Waals surface area contributed by atoms with Gasteiger partial charge in [0.1, 0.15) is 0 Å². The number of alkyl halides is 1. The number of aromatic nitrogens is 2. The number of methoxy groups -OCH3 is 1. The molecule has 1 aromatic rings. The van der Waals surface area contributed by atoms with E-state index in [1.165, 1.54) is 0 Å². The van der Waals surface area contributed by atoms with Crippen molar-refractivity contribution in [3.8, 4) is 5.88 Å². The van der Waals surface area contributed by atoms with Gasteiger partial charge >= 0.3 is 0 Å². The predicted octanol–water partition coefficient (Wildman–Crippen LogP) is 1.86. The van der Waals surface area contributed by atoms with Gasteiger partial charge in [0.2, 0.25) is 11.8 Å². The first-order valence-corrected chi connectivity index (χ1v) is 7.02. The third kappa shape index (κ3) is 3.11. The third-order valence-electron chi connectivity index (χ3n) is 2.76. The number of hydrogen-bond acceptors (Lipinski definition) is 5. The first-order chi connectivity index (χ1) is 8.54. The molecule has 1 aromatic heterocycles. The molecule has 5 nitrogen and oxygen atoms in total. The summed E-state index contributed by atoms with van der Waals surface area (Å²) < 4.78 is 11.1. The summed E-state index contributed by atoms with van der Waals surface area (Å²) in [4.78, 5) is 10.8. The van der Waals surface area contributed by atoms with Crippen molar-refractivity contribution in [3.05, 3.63) is 12.3 Å². The van der Waals surface area contributed by atoms with Gasteiger partial charge in [-0.2, -0.15) is 4.98 Å². The number of morpholine rings is 1. The fourth-order valence-corrected chi connectivity index (χ4v) is 2.46. The number of halogens is 1. The van der Waals surface area contributed by atoms with E-state index in [1.54, 1.807) is 19.4 Å². The van der Waals surface area contributed by atoms with Gasteiger partial charge in [-0.3, -0.25) is 0 Å². The van der Waals surface area contributed by atoms with E-state index in [0.717, 1.165) is 18.4 Å². The fourth-order valence-electron chi connectivity index (χ4n) is 2.13. The minimum Gasteiger partial charge on any atom is -0.481 e. The molecular weight excluding hydrogens is 298 g/mol. The largest absolute Gasteiger partial charge is 0.481 e. The van der Waals surface area contributed by atoms with Gasteiger partial charge in [0.15, 0.2) is 0 Å². The van der Waals surface area contributed by atoms with Gasteiger partial charge in [-0.05, 0) is 13.8 Å². The molecule has 1 aliphatic rings. The average Bonchev–Trinajstić information content (AvgIpc) is 2.37. The van der Waals surface area contributed by atoms with Crippen LogP contribution in [0.3, 0.4) is 0 Å². The standard InChI is InChI=1S/C12H18BrN3O2/c1-12(2)8-16(7-9(6-13)18-12)11-14-5-4-10(15-11)17-3/h4-5,9H,6-8H2,1-3H3. The minimum absolute atomic E-state index is 0.142. The Morgan fingerprint density at radius 1 is 1.61 bits per heavy atom. The molecule has 1 unspecified atom stereocenters. The Labute approximate surface area is 116 Å². The summed E-state index contributed by atoms with van der Waals surface area (Å²) in [5.74, 6) is 1.27. The smallest absolute Gasteiger partial charge is 0.228 e. The Kier molecular flexibility index (Phi) is 4.07. The number of rotatable bonds is 3. The number of anilines is 1. The maximum atomic E-state index is 5.96. The molecule has 0 spiro atoms. The van der Waals surface area contributed by atoms with Crippen LogP contribution in [0.4, 0.5) is 5.95 Å². The fraction of sp³-hybridized carbons (Fsp3) is 0.667. The molecule has 2 heterocycles. The SMILES string of the molecule is COc1ccnc(N2CC(CBr)OC(C)(C)C2)n1. The zero-order chi connectivity index (χ0) is 13.2. The third-order valence-corrected chi connectivity index (χ3v) is 3.48. The molecule has 0 aliphatic carbocycles. The summed E-state index contributed by atoms with van der Waals surface area (Å²) in [5, 5.41) is 0.802. The molecule has 18 heavy (non-hydrogen) atoms. The van der Waals surface area contributed by atoms with Crippen LogP contribution in [0, 0.1) is 0 Å². The molecule has 1 aliphatic heterocycles. The molecule has 2 rings (SSSR count). The van der Waals surface area contributed by atoms with Crippen molar-refractivity contribution < 1.29 is 9.47 Å². The van der Waals surface area contributed by atoms with E-state index in [4.69, 9.17) is 9.47 Å². The summed E-state index contributed by atoms with van der Waals surface area (Å²) >= 11 is 3.47. The molecule has 1 saturated heterocycles. The van der Waals surface area contributed by atoms with Crippen molar-refractivity contribution >= 4 is 21.9 Å². The molecule has 0 radical (unpaired) electrons. The van der Waals surface area contributed by atoms with Crippen LogP contribution in [0.2, 0.25) is 0 Å². The summed E-state index contributed by atoms with van der Waals surface area (Å²) in [6, 6.07) is 1.75. The van der Waals surface area contributed by atoms with Crippen molar-refractivity contribution in [2.24, 2.45) is 0 Å². The van der Waals surface area contributed by atoms with Crippen molar-refractivity contribution in [1.29, 1.82) is 0 Å². The predicted molar refractivity (Wildman–Crippen MR) is 73.5 cm³/mol. The van der Waals surface area contributed by atoms with E-state index in [2.05, 4.69) is 44.6 Å². The Morgan fingerprint density at radius 3 is 3.06 bits per heavy atom. The molecule has 1 atom stereocenters. The summed E-state index contributed by atoms with van der Waals surface area (Å²) in [5.41, 5.74) is -0.205. The molecule has 1 fully saturated rings. The lowest BCUT2D eigenvalue weighted by molar-refractivity contribution is -0.0728. The summed E-state index contributed by atoms with van der Waals surface area (Å²) in [7, 11) is 1.61. The van der Waals surface area contributed by atoms with Gasteiger partial charge < -0.3 is 14.4 Å². The maximum Gasteiger partial charge on any atom is 0.228 e. The Balaban J connectivity index is 2.20. The van der Waals surface area contributed by atoms with E-state index in [-0.39, 0.29) is 11.7 Å². The van der Waals surface area contributed by atoms with Crippen LogP contribution in [0.25, 0.3) is 0 Å². The highest BCUT2D eigenvalue weighted by molar-refractivity contribution is 9.09. The van der Waals surface area contributed by atoms with Crippen molar-refractivity contribution in [1.82, 2.24) is 9.97 Å². The lowest BCUT2D eigenvalue weighted by Crippen LogP contribution is -2.53. The van der Waals surface area contributed by atoms with Crippen LogP contribution in [-0.4, -0.2) is 47.2 Å². The van der Waals surface area contributed by atoms with Crippen LogP contribution in [-0.2, 0) is 4.74 Å². The average molecular weight is 316 g/mol. The topological polar surface area (TPSA) is 47.5 Å². The molecule has 0 aromatic carbocycles. The van der Waals surface area contributed by atoms with E-state index >= 15 is 0 Å². The zero-order valence-electron chi connectivity index (χ0n) is 10.9. The minimum atomic E-state index is -0.205. The normalized spacial score (nSPS) is 22.9. The first-order valence-electron chi connectivity index (χ1n) is 5.90. The van der Waals surface area contributed by atoms with Gasteiger partial charge in [0, 0.05) is 30.7 Å². The highest BCUT2D eigenvalue weighted by atomic mass is 79.9. The number of nitrogens with zero attached hydrogens (tertiary/aromatic N) is 3. The molecule has 100 valence electrons. The van der Waals surface area contributed by atoms with Crippen LogP contribution in [0.5, 0.6) is 5.88 Å². The quantitative estimate of drug-likeness (QED) is 0.797. The molecule has 0 amide bonds. The monoisotopic (exact) mass is 315 g/mol.